The lowest BCUT2D eigenvalue weighted by Crippen LogP contribution is -2.54. The number of benzene rings is 1. The summed E-state index contributed by atoms with van der Waals surface area (Å²) in [6.07, 6.45) is 4.80. The second-order valence-corrected chi connectivity index (χ2v) is 8.86. The number of fused-ring (bicyclic) bond motifs is 1. The quantitative estimate of drug-likeness (QED) is 0.541. The molecule has 0 fully saturated rings. The van der Waals surface area contributed by atoms with E-state index >= 15 is 0 Å². The Kier molecular flexibility index (Phi) is 9.32. The average molecular weight is 497 g/mol. The van der Waals surface area contributed by atoms with E-state index in [1.54, 1.807) is 49.9 Å². The number of nitrogens with zero attached hydrogens (tertiary/aromatic N) is 3. The largest absolute Gasteiger partial charge is 0.491 e. The van der Waals surface area contributed by atoms with Gasteiger partial charge in [0.2, 0.25) is 17.7 Å². The van der Waals surface area contributed by atoms with Crippen molar-refractivity contribution in [3.05, 3.63) is 54.1 Å². The van der Waals surface area contributed by atoms with Gasteiger partial charge in [0.05, 0.1) is 24.2 Å². The molecule has 0 radical (unpaired) electrons. The standard InChI is InChI=1S/C25H32N6O5/c1-16(2)22-25(35)31(3)12-13-36-20-7-5-4-6-18(20)23(33)29-19(14-21(32)30-22)24(34)28-9-8-17-15-26-10-11-27-17/h4-7,10-11,15-16,19,22H,8-9,12-14H2,1-3H3,(H,28,34)(H,29,33)(H,30,32)/t19-,22+/m0/s1. The first-order chi connectivity index (χ1) is 17.3. The van der Waals surface area contributed by atoms with Gasteiger partial charge < -0.3 is 25.6 Å². The molecule has 3 rings (SSSR count). The van der Waals surface area contributed by atoms with Crippen LogP contribution in [-0.2, 0) is 20.8 Å². The lowest BCUT2D eigenvalue weighted by atomic mass is 10.0. The van der Waals surface area contributed by atoms with Crippen molar-refractivity contribution in [2.45, 2.75) is 38.8 Å². The molecule has 2 heterocycles. The normalized spacial score (nSPS) is 19.4. The number of amides is 4. The summed E-state index contributed by atoms with van der Waals surface area (Å²) in [5, 5.41) is 8.13. The van der Waals surface area contributed by atoms with E-state index in [0.717, 1.165) is 0 Å². The maximum atomic E-state index is 13.1. The summed E-state index contributed by atoms with van der Waals surface area (Å²) >= 11 is 0. The van der Waals surface area contributed by atoms with Crippen LogP contribution < -0.4 is 20.7 Å². The van der Waals surface area contributed by atoms with Crippen LogP contribution in [0, 0.1) is 5.92 Å². The highest BCUT2D eigenvalue weighted by Gasteiger charge is 2.31. The van der Waals surface area contributed by atoms with Crippen LogP contribution in [0.25, 0.3) is 0 Å². The maximum absolute atomic E-state index is 13.1. The van der Waals surface area contributed by atoms with Gasteiger partial charge in [-0.3, -0.25) is 29.1 Å². The van der Waals surface area contributed by atoms with Gasteiger partial charge >= 0.3 is 0 Å². The van der Waals surface area contributed by atoms with E-state index < -0.39 is 29.8 Å². The first kappa shape index (κ1) is 26.6. The van der Waals surface area contributed by atoms with Crippen LogP contribution in [0.1, 0.15) is 36.3 Å². The molecular formula is C25H32N6O5. The van der Waals surface area contributed by atoms with Gasteiger partial charge in [0.15, 0.2) is 0 Å². The molecule has 4 amide bonds. The summed E-state index contributed by atoms with van der Waals surface area (Å²) in [4.78, 5) is 61.7. The average Bonchev–Trinajstić information content (AvgIpc) is 2.86. The highest BCUT2D eigenvalue weighted by molar-refractivity contribution is 6.01. The van der Waals surface area contributed by atoms with Crippen molar-refractivity contribution < 1.29 is 23.9 Å². The van der Waals surface area contributed by atoms with Crippen molar-refractivity contribution >= 4 is 23.6 Å². The van der Waals surface area contributed by atoms with Crippen LogP contribution in [0.5, 0.6) is 5.75 Å². The van der Waals surface area contributed by atoms with E-state index in [4.69, 9.17) is 4.74 Å². The summed E-state index contributed by atoms with van der Waals surface area (Å²) in [5.41, 5.74) is 0.917. The molecule has 0 unspecified atom stereocenters. The number of hydrogen-bond donors (Lipinski definition) is 3. The summed E-state index contributed by atoms with van der Waals surface area (Å²) in [6.45, 7) is 4.31. The van der Waals surface area contributed by atoms with Crippen molar-refractivity contribution in [3.8, 4) is 5.75 Å². The minimum Gasteiger partial charge on any atom is -0.491 e. The molecule has 0 aliphatic carbocycles. The fourth-order valence-electron chi connectivity index (χ4n) is 3.69. The first-order valence-corrected chi connectivity index (χ1v) is 11.9. The molecule has 1 aliphatic rings. The minimum atomic E-state index is -1.17. The van der Waals surface area contributed by atoms with E-state index in [0.29, 0.717) is 17.9 Å². The van der Waals surface area contributed by atoms with E-state index in [1.807, 2.05) is 13.8 Å². The van der Waals surface area contributed by atoms with Crippen LogP contribution >= 0.6 is 0 Å². The molecule has 0 spiro atoms. The molecule has 11 nitrogen and oxygen atoms in total. The molecule has 1 aromatic carbocycles. The fraction of sp³-hybridized carbons (Fsp3) is 0.440. The van der Waals surface area contributed by atoms with Gasteiger partial charge in [-0.1, -0.05) is 26.0 Å². The van der Waals surface area contributed by atoms with Gasteiger partial charge in [0.25, 0.3) is 5.91 Å². The SMILES string of the molecule is CC(C)[C@H]1NC(=O)C[C@@H](C(=O)NCCc2cnccn2)NC(=O)c2ccccc2OCCN(C)C1=O. The Bertz CT molecular complexity index is 1080. The highest BCUT2D eigenvalue weighted by atomic mass is 16.5. The van der Waals surface area contributed by atoms with Crippen LogP contribution in [0.15, 0.2) is 42.9 Å². The molecule has 3 N–H and O–H groups in total. The van der Waals surface area contributed by atoms with Crippen LogP contribution in [0.3, 0.4) is 0 Å². The van der Waals surface area contributed by atoms with Crippen LogP contribution in [-0.4, -0.2) is 77.3 Å². The van der Waals surface area contributed by atoms with Crippen LogP contribution in [0.2, 0.25) is 0 Å². The van der Waals surface area contributed by atoms with E-state index in [9.17, 15) is 19.2 Å². The zero-order valence-corrected chi connectivity index (χ0v) is 20.7. The molecule has 0 saturated carbocycles. The number of nitrogens with one attached hydrogen (secondary N) is 3. The topological polar surface area (TPSA) is 143 Å². The zero-order chi connectivity index (χ0) is 26.1. The zero-order valence-electron chi connectivity index (χ0n) is 20.7. The Balaban J connectivity index is 1.82. The predicted molar refractivity (Wildman–Crippen MR) is 131 cm³/mol. The van der Waals surface area contributed by atoms with Crippen molar-refractivity contribution in [2.24, 2.45) is 5.92 Å². The number of carbonyl (C=O) groups is 4. The molecule has 2 atom stereocenters. The van der Waals surface area contributed by atoms with Crippen LogP contribution in [0.4, 0.5) is 0 Å². The monoisotopic (exact) mass is 496 g/mol. The number of likely N-dealkylation sites (N-methyl/N-ethyl adjacent to an activating group) is 1. The summed E-state index contributed by atoms with van der Waals surface area (Å²) in [6, 6.07) is 4.66. The smallest absolute Gasteiger partial charge is 0.255 e. The third-order valence-electron chi connectivity index (χ3n) is 5.75. The summed E-state index contributed by atoms with van der Waals surface area (Å²) < 4.78 is 5.79. The number of aromatic nitrogens is 2. The Morgan fingerprint density at radius 2 is 1.97 bits per heavy atom. The molecule has 0 bridgehead atoms. The third-order valence-corrected chi connectivity index (χ3v) is 5.75. The molecule has 36 heavy (non-hydrogen) atoms. The minimum absolute atomic E-state index is 0.150. The van der Waals surface area contributed by atoms with E-state index in [2.05, 4.69) is 25.9 Å². The number of hydrogen-bond acceptors (Lipinski definition) is 7. The highest BCUT2D eigenvalue weighted by Crippen LogP contribution is 2.19. The van der Waals surface area contributed by atoms with E-state index in [1.165, 1.54) is 4.90 Å². The molecule has 2 aromatic rings. The van der Waals surface area contributed by atoms with Gasteiger partial charge in [0.1, 0.15) is 24.4 Å². The van der Waals surface area contributed by atoms with Crippen molar-refractivity contribution in [3.63, 3.8) is 0 Å². The second kappa shape index (κ2) is 12.6. The Morgan fingerprint density at radius 1 is 1.19 bits per heavy atom. The number of para-hydroxylation sites is 1. The van der Waals surface area contributed by atoms with E-state index in [-0.39, 0.29) is 43.5 Å². The molecule has 1 aliphatic heterocycles. The van der Waals surface area contributed by atoms with Gasteiger partial charge in [-0.2, -0.15) is 0 Å². The predicted octanol–water partition coefficient (Wildman–Crippen LogP) is 0.316. The first-order valence-electron chi connectivity index (χ1n) is 11.9. The number of carbonyl (C=O) groups excluding carboxylic acids is 4. The molecular weight excluding hydrogens is 464 g/mol. The van der Waals surface area contributed by atoms with Gasteiger partial charge in [-0.25, -0.2) is 0 Å². The number of ether oxygens (including phenoxy) is 1. The Hall–Kier alpha value is -4.02. The maximum Gasteiger partial charge on any atom is 0.255 e. The third kappa shape index (κ3) is 7.24. The fourth-order valence-corrected chi connectivity index (χ4v) is 3.69. The van der Waals surface area contributed by atoms with Crippen molar-refractivity contribution in [1.82, 2.24) is 30.8 Å². The molecule has 11 heteroatoms. The Morgan fingerprint density at radius 3 is 2.69 bits per heavy atom. The lowest BCUT2D eigenvalue weighted by Gasteiger charge is -2.28. The van der Waals surface area contributed by atoms with Crippen molar-refractivity contribution in [2.75, 3.05) is 26.7 Å². The van der Waals surface area contributed by atoms with Crippen molar-refractivity contribution in [1.29, 1.82) is 0 Å². The summed E-state index contributed by atoms with van der Waals surface area (Å²) in [5.74, 6) is -1.73. The number of rotatable bonds is 5. The molecule has 192 valence electrons. The summed E-state index contributed by atoms with van der Waals surface area (Å²) in [7, 11) is 1.63. The molecule has 1 aromatic heterocycles. The lowest BCUT2D eigenvalue weighted by molar-refractivity contribution is -0.137. The second-order valence-electron chi connectivity index (χ2n) is 8.86. The van der Waals surface area contributed by atoms with Gasteiger partial charge in [-0.15, -0.1) is 0 Å². The molecule has 0 saturated heterocycles. The van der Waals surface area contributed by atoms with Gasteiger partial charge in [-0.05, 0) is 18.1 Å². The Labute approximate surface area is 210 Å². The van der Waals surface area contributed by atoms with Gasteiger partial charge in [0, 0.05) is 38.6 Å².